The third-order valence-corrected chi connectivity index (χ3v) is 2.26. The van der Waals surface area contributed by atoms with Crippen LogP contribution in [0.4, 0.5) is 0 Å². The number of pyridine rings is 1. The van der Waals surface area contributed by atoms with E-state index in [1.165, 1.54) is 0 Å². The Morgan fingerprint density at radius 1 is 1.53 bits per heavy atom. The molecule has 4 nitrogen and oxygen atoms in total. The molecule has 0 aromatic carbocycles. The van der Waals surface area contributed by atoms with Crippen molar-refractivity contribution in [3.63, 3.8) is 0 Å². The first-order valence-electron chi connectivity index (χ1n) is 5.04. The van der Waals surface area contributed by atoms with Crippen LogP contribution in [-0.4, -0.2) is 37.6 Å². The lowest BCUT2D eigenvalue weighted by Crippen LogP contribution is -2.21. The Kier molecular flexibility index (Phi) is 4.52. The van der Waals surface area contributed by atoms with Crippen molar-refractivity contribution in [2.45, 2.75) is 12.5 Å². The molecular formula is C11H19N3O. The second-order valence-corrected chi connectivity index (χ2v) is 3.79. The van der Waals surface area contributed by atoms with E-state index in [1.807, 2.05) is 26.2 Å². The maximum absolute atomic E-state index is 6.05. The summed E-state index contributed by atoms with van der Waals surface area (Å²) in [5.74, 6) is 0.767. The molecule has 1 rings (SSSR count). The van der Waals surface area contributed by atoms with Gasteiger partial charge in [-0.25, -0.2) is 0 Å². The van der Waals surface area contributed by atoms with Crippen molar-refractivity contribution in [2.24, 2.45) is 5.73 Å². The monoisotopic (exact) mass is 209 g/mol. The van der Waals surface area contributed by atoms with Gasteiger partial charge in [0.05, 0.1) is 18.8 Å². The lowest BCUT2D eigenvalue weighted by molar-refractivity contribution is 0.368. The number of hydrogen-bond donors (Lipinski definition) is 1. The Balaban J connectivity index is 2.68. The van der Waals surface area contributed by atoms with Crippen LogP contribution < -0.4 is 10.5 Å². The van der Waals surface area contributed by atoms with E-state index in [0.29, 0.717) is 0 Å². The summed E-state index contributed by atoms with van der Waals surface area (Å²) >= 11 is 0. The van der Waals surface area contributed by atoms with Gasteiger partial charge >= 0.3 is 0 Å². The third kappa shape index (κ3) is 3.49. The molecule has 4 heteroatoms. The fourth-order valence-electron chi connectivity index (χ4n) is 1.39. The number of rotatable bonds is 5. The van der Waals surface area contributed by atoms with Gasteiger partial charge in [-0.15, -0.1) is 0 Å². The molecule has 1 heterocycles. The van der Waals surface area contributed by atoms with E-state index in [4.69, 9.17) is 10.5 Å². The highest BCUT2D eigenvalue weighted by molar-refractivity contribution is 5.29. The summed E-state index contributed by atoms with van der Waals surface area (Å²) in [6, 6.07) is 3.67. The number of nitrogens with zero attached hydrogens (tertiary/aromatic N) is 2. The van der Waals surface area contributed by atoms with Crippen LogP contribution in [0, 0.1) is 0 Å². The summed E-state index contributed by atoms with van der Waals surface area (Å²) in [4.78, 5) is 6.37. The molecule has 0 saturated carbocycles. The SMILES string of the molecule is COc1cccnc1C(N)CCN(C)C. The van der Waals surface area contributed by atoms with Gasteiger partial charge in [0, 0.05) is 6.20 Å². The van der Waals surface area contributed by atoms with Crippen LogP contribution in [0.3, 0.4) is 0 Å². The highest BCUT2D eigenvalue weighted by atomic mass is 16.5. The predicted octanol–water partition coefficient (Wildman–Crippen LogP) is 1.04. The van der Waals surface area contributed by atoms with Gasteiger partial charge in [0.15, 0.2) is 0 Å². The van der Waals surface area contributed by atoms with Crippen molar-refractivity contribution < 1.29 is 4.74 Å². The maximum Gasteiger partial charge on any atom is 0.141 e. The number of hydrogen-bond acceptors (Lipinski definition) is 4. The Morgan fingerprint density at radius 3 is 2.87 bits per heavy atom. The molecule has 0 amide bonds. The van der Waals surface area contributed by atoms with Gasteiger partial charge in [0.2, 0.25) is 0 Å². The van der Waals surface area contributed by atoms with E-state index in [9.17, 15) is 0 Å². The molecule has 0 aliphatic heterocycles. The predicted molar refractivity (Wildman–Crippen MR) is 60.9 cm³/mol. The molecule has 0 fully saturated rings. The lowest BCUT2D eigenvalue weighted by Gasteiger charge is -2.16. The maximum atomic E-state index is 6.05. The standard InChI is InChI=1S/C11H19N3O/c1-14(2)8-6-9(12)11-10(15-3)5-4-7-13-11/h4-5,7,9H,6,8,12H2,1-3H3. The van der Waals surface area contributed by atoms with E-state index in [0.717, 1.165) is 24.4 Å². The molecular weight excluding hydrogens is 190 g/mol. The Hall–Kier alpha value is -1.13. The fourth-order valence-corrected chi connectivity index (χ4v) is 1.39. The minimum Gasteiger partial charge on any atom is -0.495 e. The van der Waals surface area contributed by atoms with Gasteiger partial charge in [-0.2, -0.15) is 0 Å². The summed E-state index contributed by atoms with van der Waals surface area (Å²) in [5, 5.41) is 0. The molecule has 0 aliphatic rings. The first-order chi connectivity index (χ1) is 7.15. The molecule has 1 atom stereocenters. The molecule has 0 bridgehead atoms. The van der Waals surface area contributed by atoms with Gasteiger partial charge in [-0.3, -0.25) is 4.98 Å². The highest BCUT2D eigenvalue weighted by Crippen LogP contribution is 2.22. The molecule has 15 heavy (non-hydrogen) atoms. The van der Waals surface area contributed by atoms with E-state index in [-0.39, 0.29) is 6.04 Å². The summed E-state index contributed by atoms with van der Waals surface area (Å²) < 4.78 is 5.22. The summed E-state index contributed by atoms with van der Waals surface area (Å²) in [6.07, 6.45) is 2.62. The van der Waals surface area contributed by atoms with Crippen molar-refractivity contribution >= 4 is 0 Å². The molecule has 1 aromatic rings. The average molecular weight is 209 g/mol. The molecule has 0 saturated heterocycles. The van der Waals surface area contributed by atoms with Gasteiger partial charge in [0.1, 0.15) is 5.75 Å². The first-order valence-corrected chi connectivity index (χ1v) is 5.04. The molecule has 2 N–H and O–H groups in total. The second kappa shape index (κ2) is 5.68. The van der Waals surface area contributed by atoms with E-state index < -0.39 is 0 Å². The molecule has 0 radical (unpaired) electrons. The molecule has 1 aromatic heterocycles. The van der Waals surface area contributed by atoms with Crippen LogP contribution in [0.1, 0.15) is 18.2 Å². The van der Waals surface area contributed by atoms with Gasteiger partial charge in [-0.1, -0.05) is 0 Å². The van der Waals surface area contributed by atoms with Crippen molar-refractivity contribution in [2.75, 3.05) is 27.7 Å². The summed E-state index contributed by atoms with van der Waals surface area (Å²) in [7, 11) is 5.70. The highest BCUT2D eigenvalue weighted by Gasteiger charge is 2.12. The second-order valence-electron chi connectivity index (χ2n) is 3.79. The van der Waals surface area contributed by atoms with Crippen LogP contribution in [-0.2, 0) is 0 Å². The molecule has 1 unspecified atom stereocenters. The van der Waals surface area contributed by atoms with E-state index in [1.54, 1.807) is 13.3 Å². The number of methoxy groups -OCH3 is 1. The Bertz CT molecular complexity index is 302. The van der Waals surface area contributed by atoms with Crippen LogP contribution in [0.15, 0.2) is 18.3 Å². The van der Waals surface area contributed by atoms with Crippen molar-refractivity contribution in [3.8, 4) is 5.75 Å². The van der Waals surface area contributed by atoms with Gasteiger partial charge < -0.3 is 15.4 Å². The van der Waals surface area contributed by atoms with E-state index in [2.05, 4.69) is 9.88 Å². The molecule has 0 spiro atoms. The number of aromatic nitrogens is 1. The van der Waals surface area contributed by atoms with Crippen LogP contribution in [0.2, 0.25) is 0 Å². The zero-order valence-electron chi connectivity index (χ0n) is 9.60. The first kappa shape index (κ1) is 11.9. The fraction of sp³-hybridized carbons (Fsp3) is 0.545. The average Bonchev–Trinajstić information content (AvgIpc) is 2.25. The topological polar surface area (TPSA) is 51.4 Å². The Morgan fingerprint density at radius 2 is 2.27 bits per heavy atom. The zero-order chi connectivity index (χ0) is 11.3. The summed E-state index contributed by atoms with van der Waals surface area (Å²) in [6.45, 7) is 0.945. The molecule has 84 valence electrons. The van der Waals surface area contributed by atoms with Crippen molar-refractivity contribution in [1.29, 1.82) is 0 Å². The quantitative estimate of drug-likeness (QED) is 0.787. The van der Waals surface area contributed by atoms with Crippen LogP contribution in [0.5, 0.6) is 5.75 Å². The third-order valence-electron chi connectivity index (χ3n) is 2.26. The Labute approximate surface area is 91.1 Å². The minimum atomic E-state index is -0.0662. The number of nitrogens with two attached hydrogens (primary N) is 1. The largest absolute Gasteiger partial charge is 0.495 e. The van der Waals surface area contributed by atoms with Gasteiger partial charge in [0.25, 0.3) is 0 Å². The summed E-state index contributed by atoms with van der Waals surface area (Å²) in [5.41, 5.74) is 6.89. The minimum absolute atomic E-state index is 0.0662. The molecule has 0 aliphatic carbocycles. The van der Waals surface area contributed by atoms with Crippen LogP contribution in [0.25, 0.3) is 0 Å². The lowest BCUT2D eigenvalue weighted by atomic mass is 10.1. The smallest absolute Gasteiger partial charge is 0.141 e. The zero-order valence-corrected chi connectivity index (χ0v) is 9.60. The van der Waals surface area contributed by atoms with Crippen LogP contribution >= 0.6 is 0 Å². The normalized spacial score (nSPS) is 12.9. The van der Waals surface area contributed by atoms with Crippen molar-refractivity contribution in [3.05, 3.63) is 24.0 Å². The van der Waals surface area contributed by atoms with E-state index >= 15 is 0 Å². The van der Waals surface area contributed by atoms with Crippen molar-refractivity contribution in [1.82, 2.24) is 9.88 Å². The van der Waals surface area contributed by atoms with Gasteiger partial charge in [-0.05, 0) is 39.2 Å². The number of ether oxygens (including phenoxy) is 1.